The third kappa shape index (κ3) is 6.66. The normalized spacial score (nSPS) is 21.7. The molecule has 1 rings (SSSR count). The molecule has 0 amide bonds. The van der Waals surface area contributed by atoms with Gasteiger partial charge in [0.25, 0.3) is 0 Å². The molecule has 0 radical (unpaired) electrons. The minimum atomic E-state index is 0.204. The van der Waals surface area contributed by atoms with E-state index in [4.69, 9.17) is 4.74 Å². The van der Waals surface area contributed by atoms with Gasteiger partial charge in [0.1, 0.15) is 0 Å². The van der Waals surface area contributed by atoms with Crippen LogP contribution in [0.25, 0.3) is 0 Å². The van der Waals surface area contributed by atoms with Crippen LogP contribution in [0.2, 0.25) is 0 Å². The topological polar surface area (TPSA) is 24.5 Å². The van der Waals surface area contributed by atoms with E-state index in [2.05, 4.69) is 44.8 Å². The molecule has 0 aromatic heterocycles. The molecule has 21 heavy (non-hydrogen) atoms. The molecule has 1 atom stereocenters. The fourth-order valence-electron chi connectivity index (χ4n) is 3.37. The summed E-state index contributed by atoms with van der Waals surface area (Å²) in [6, 6.07) is 0. The van der Waals surface area contributed by atoms with Crippen molar-refractivity contribution in [2.75, 3.05) is 39.9 Å². The second kappa shape index (κ2) is 8.50. The predicted molar refractivity (Wildman–Crippen MR) is 91.8 cm³/mol. The van der Waals surface area contributed by atoms with Crippen LogP contribution in [0.1, 0.15) is 60.3 Å². The lowest BCUT2D eigenvalue weighted by molar-refractivity contribution is 0.0566. The molecule has 1 aliphatic heterocycles. The van der Waals surface area contributed by atoms with E-state index in [9.17, 15) is 0 Å². The first-order valence-corrected chi connectivity index (χ1v) is 8.80. The average molecular weight is 299 g/mol. The molecule has 1 aliphatic rings. The van der Waals surface area contributed by atoms with Gasteiger partial charge in [-0.15, -0.1) is 0 Å². The van der Waals surface area contributed by atoms with Gasteiger partial charge < -0.3 is 15.0 Å². The van der Waals surface area contributed by atoms with Gasteiger partial charge in [-0.1, -0.05) is 13.8 Å². The van der Waals surface area contributed by atoms with Gasteiger partial charge in [0.15, 0.2) is 0 Å². The highest BCUT2D eigenvalue weighted by Crippen LogP contribution is 2.30. The van der Waals surface area contributed by atoms with Crippen molar-refractivity contribution >= 4 is 0 Å². The third-order valence-electron chi connectivity index (χ3n) is 5.06. The summed E-state index contributed by atoms with van der Waals surface area (Å²) in [5.74, 6) is 0.728. The van der Waals surface area contributed by atoms with Crippen LogP contribution in [0.15, 0.2) is 0 Å². The van der Waals surface area contributed by atoms with E-state index in [1.807, 2.05) is 7.11 Å². The summed E-state index contributed by atoms with van der Waals surface area (Å²) in [4.78, 5) is 2.69. The molecule has 1 unspecified atom stereocenters. The SMILES string of the molecule is CCC(CC)(CNC(C)(C)C)CN1CCCC(COC)C1. The van der Waals surface area contributed by atoms with Crippen LogP contribution in [-0.4, -0.2) is 50.3 Å². The summed E-state index contributed by atoms with van der Waals surface area (Å²) in [5, 5.41) is 3.74. The Kier molecular flexibility index (Phi) is 7.66. The molecule has 0 aromatic rings. The van der Waals surface area contributed by atoms with Crippen LogP contribution in [0.3, 0.4) is 0 Å². The van der Waals surface area contributed by atoms with E-state index >= 15 is 0 Å². The Labute approximate surface area is 132 Å². The van der Waals surface area contributed by atoms with Crippen molar-refractivity contribution in [3.8, 4) is 0 Å². The Balaban J connectivity index is 2.59. The number of methoxy groups -OCH3 is 1. The Morgan fingerprint density at radius 1 is 1.19 bits per heavy atom. The van der Waals surface area contributed by atoms with Gasteiger partial charge >= 0.3 is 0 Å². The highest BCUT2D eigenvalue weighted by atomic mass is 16.5. The number of hydrogen-bond acceptors (Lipinski definition) is 3. The third-order valence-corrected chi connectivity index (χ3v) is 5.06. The standard InChI is InChI=1S/C18H38N2O/c1-7-18(8-2,14-19-17(3,4)5)15-20-11-9-10-16(12-20)13-21-6/h16,19H,7-15H2,1-6H3. The van der Waals surface area contributed by atoms with Gasteiger partial charge in [-0.3, -0.25) is 0 Å². The predicted octanol–water partition coefficient (Wildman–Crippen LogP) is 3.54. The Morgan fingerprint density at radius 2 is 1.86 bits per heavy atom. The van der Waals surface area contributed by atoms with Crippen LogP contribution in [-0.2, 0) is 4.74 Å². The van der Waals surface area contributed by atoms with E-state index in [1.165, 1.54) is 45.3 Å². The molecule has 0 aromatic carbocycles. The summed E-state index contributed by atoms with van der Waals surface area (Å²) in [6.45, 7) is 17.2. The fourth-order valence-corrected chi connectivity index (χ4v) is 3.37. The zero-order valence-electron chi connectivity index (χ0n) is 15.3. The molecule has 1 fully saturated rings. The van der Waals surface area contributed by atoms with Crippen molar-refractivity contribution in [1.29, 1.82) is 0 Å². The van der Waals surface area contributed by atoms with Crippen LogP contribution >= 0.6 is 0 Å². The number of hydrogen-bond donors (Lipinski definition) is 1. The van der Waals surface area contributed by atoms with Crippen LogP contribution in [0.4, 0.5) is 0 Å². The first-order valence-electron chi connectivity index (χ1n) is 8.80. The monoisotopic (exact) mass is 298 g/mol. The van der Waals surface area contributed by atoms with E-state index in [1.54, 1.807) is 0 Å². The second-order valence-corrected chi connectivity index (χ2v) is 8.01. The van der Waals surface area contributed by atoms with Crippen molar-refractivity contribution < 1.29 is 4.74 Å². The van der Waals surface area contributed by atoms with E-state index in [0.29, 0.717) is 5.41 Å². The van der Waals surface area contributed by atoms with Gasteiger partial charge in [-0.25, -0.2) is 0 Å². The first kappa shape index (κ1) is 18.9. The molecule has 1 N–H and O–H groups in total. The number of likely N-dealkylation sites (tertiary alicyclic amines) is 1. The lowest BCUT2D eigenvalue weighted by Crippen LogP contribution is -2.50. The smallest absolute Gasteiger partial charge is 0.0502 e. The summed E-state index contributed by atoms with van der Waals surface area (Å²) < 4.78 is 5.37. The largest absolute Gasteiger partial charge is 0.384 e. The molecule has 0 saturated carbocycles. The number of ether oxygens (including phenoxy) is 1. The Hall–Kier alpha value is -0.120. The van der Waals surface area contributed by atoms with E-state index < -0.39 is 0 Å². The summed E-state index contributed by atoms with van der Waals surface area (Å²) in [7, 11) is 1.83. The molecular formula is C18H38N2O. The van der Waals surface area contributed by atoms with E-state index in [-0.39, 0.29) is 5.54 Å². The molecule has 0 bridgehead atoms. The number of piperidine rings is 1. The van der Waals surface area contributed by atoms with Crippen LogP contribution < -0.4 is 5.32 Å². The Bertz CT molecular complexity index is 279. The van der Waals surface area contributed by atoms with Crippen LogP contribution in [0.5, 0.6) is 0 Å². The van der Waals surface area contributed by atoms with Gasteiger partial charge in [-0.2, -0.15) is 0 Å². The summed E-state index contributed by atoms with van der Waals surface area (Å²) in [5.41, 5.74) is 0.609. The lowest BCUT2D eigenvalue weighted by atomic mass is 9.80. The van der Waals surface area contributed by atoms with Crippen LogP contribution in [0, 0.1) is 11.3 Å². The molecule has 0 spiro atoms. The molecule has 0 aliphatic carbocycles. The molecule has 1 heterocycles. The maximum Gasteiger partial charge on any atom is 0.0502 e. The molecule has 126 valence electrons. The number of nitrogens with one attached hydrogen (secondary N) is 1. The van der Waals surface area contributed by atoms with Gasteiger partial charge in [0.2, 0.25) is 0 Å². The zero-order valence-corrected chi connectivity index (χ0v) is 15.3. The van der Waals surface area contributed by atoms with Gasteiger partial charge in [-0.05, 0) is 64.3 Å². The van der Waals surface area contributed by atoms with E-state index in [0.717, 1.165) is 19.1 Å². The van der Waals surface area contributed by atoms with Crippen molar-refractivity contribution in [2.24, 2.45) is 11.3 Å². The summed E-state index contributed by atoms with van der Waals surface area (Å²) >= 11 is 0. The van der Waals surface area contributed by atoms with Crippen molar-refractivity contribution in [3.63, 3.8) is 0 Å². The minimum absolute atomic E-state index is 0.204. The second-order valence-electron chi connectivity index (χ2n) is 8.01. The summed E-state index contributed by atoms with van der Waals surface area (Å²) in [6.07, 6.45) is 5.15. The molecular weight excluding hydrogens is 260 g/mol. The van der Waals surface area contributed by atoms with Crippen molar-refractivity contribution in [3.05, 3.63) is 0 Å². The quantitative estimate of drug-likeness (QED) is 0.742. The Morgan fingerprint density at radius 3 is 2.38 bits per heavy atom. The highest BCUT2D eigenvalue weighted by molar-refractivity contribution is 4.87. The molecule has 3 heteroatoms. The zero-order chi connectivity index (χ0) is 15.9. The maximum absolute atomic E-state index is 5.37. The maximum atomic E-state index is 5.37. The minimum Gasteiger partial charge on any atom is -0.384 e. The van der Waals surface area contributed by atoms with Crippen molar-refractivity contribution in [2.45, 2.75) is 65.8 Å². The number of rotatable bonds is 8. The number of nitrogens with zero attached hydrogens (tertiary/aromatic N) is 1. The first-order chi connectivity index (χ1) is 9.84. The average Bonchev–Trinajstić information content (AvgIpc) is 2.43. The molecule has 1 saturated heterocycles. The molecule has 3 nitrogen and oxygen atoms in total. The van der Waals surface area contributed by atoms with Gasteiger partial charge in [0, 0.05) is 32.3 Å². The lowest BCUT2D eigenvalue weighted by Gasteiger charge is -2.42. The van der Waals surface area contributed by atoms with Crippen molar-refractivity contribution in [1.82, 2.24) is 10.2 Å². The highest BCUT2D eigenvalue weighted by Gasteiger charge is 2.32. The van der Waals surface area contributed by atoms with Gasteiger partial charge in [0.05, 0.1) is 6.61 Å². The fraction of sp³-hybridized carbons (Fsp3) is 1.00.